The van der Waals surface area contributed by atoms with E-state index in [2.05, 4.69) is 31.0 Å². The SMILES string of the molecule is FC(F)(F)COCCNc1ccncc1Br. The van der Waals surface area contributed by atoms with E-state index in [0.29, 0.717) is 6.54 Å². The third-order valence-electron chi connectivity index (χ3n) is 1.60. The number of anilines is 1. The Morgan fingerprint density at radius 1 is 1.44 bits per heavy atom. The minimum Gasteiger partial charge on any atom is -0.382 e. The molecule has 0 aromatic carbocycles. The molecule has 16 heavy (non-hydrogen) atoms. The van der Waals surface area contributed by atoms with Crippen LogP contribution in [0.2, 0.25) is 0 Å². The van der Waals surface area contributed by atoms with Gasteiger partial charge in [0.1, 0.15) is 6.61 Å². The van der Waals surface area contributed by atoms with Gasteiger partial charge in [0, 0.05) is 18.9 Å². The van der Waals surface area contributed by atoms with Crippen LogP contribution in [0, 0.1) is 0 Å². The molecule has 0 spiro atoms. The summed E-state index contributed by atoms with van der Waals surface area (Å²) in [4.78, 5) is 3.85. The molecule has 1 heterocycles. The maximum atomic E-state index is 11.7. The molecule has 0 atom stereocenters. The van der Waals surface area contributed by atoms with Crippen LogP contribution in [-0.4, -0.2) is 30.9 Å². The number of pyridine rings is 1. The lowest BCUT2D eigenvalue weighted by atomic mass is 10.4. The minimum absolute atomic E-state index is 0.00568. The van der Waals surface area contributed by atoms with Crippen LogP contribution in [0.4, 0.5) is 18.9 Å². The first-order valence-electron chi connectivity index (χ1n) is 4.47. The third-order valence-corrected chi connectivity index (χ3v) is 2.23. The smallest absolute Gasteiger partial charge is 0.382 e. The molecule has 0 unspecified atom stereocenters. The molecule has 1 rings (SSSR count). The van der Waals surface area contributed by atoms with Crippen LogP contribution in [0.3, 0.4) is 0 Å². The number of aromatic nitrogens is 1. The summed E-state index contributed by atoms with van der Waals surface area (Å²) in [5, 5.41) is 2.92. The largest absolute Gasteiger partial charge is 0.411 e. The summed E-state index contributed by atoms with van der Waals surface area (Å²) >= 11 is 3.25. The fourth-order valence-electron chi connectivity index (χ4n) is 0.964. The first-order valence-corrected chi connectivity index (χ1v) is 5.26. The Balaban J connectivity index is 2.19. The number of halogens is 4. The molecule has 0 saturated carbocycles. The van der Waals surface area contributed by atoms with Crippen molar-refractivity contribution in [2.75, 3.05) is 25.1 Å². The monoisotopic (exact) mass is 298 g/mol. The molecule has 1 N–H and O–H groups in total. The number of alkyl halides is 3. The van der Waals surface area contributed by atoms with Gasteiger partial charge in [-0.1, -0.05) is 0 Å². The van der Waals surface area contributed by atoms with Gasteiger partial charge in [0.15, 0.2) is 0 Å². The first-order chi connectivity index (χ1) is 7.49. The zero-order chi connectivity index (χ0) is 12.0. The van der Waals surface area contributed by atoms with Crippen LogP contribution in [0.1, 0.15) is 0 Å². The van der Waals surface area contributed by atoms with Crippen LogP contribution in [0.25, 0.3) is 0 Å². The molecule has 1 aromatic heterocycles. The van der Waals surface area contributed by atoms with Gasteiger partial charge < -0.3 is 10.1 Å². The predicted octanol–water partition coefficient (Wildman–Crippen LogP) is 2.83. The number of rotatable bonds is 5. The predicted molar refractivity (Wildman–Crippen MR) is 57.3 cm³/mol. The summed E-state index contributed by atoms with van der Waals surface area (Å²) in [6, 6.07) is 1.72. The van der Waals surface area contributed by atoms with Crippen LogP contribution in [0.15, 0.2) is 22.9 Å². The fraction of sp³-hybridized carbons (Fsp3) is 0.444. The molecule has 0 aliphatic carbocycles. The Kier molecular flexibility index (Phi) is 5.01. The zero-order valence-electron chi connectivity index (χ0n) is 8.22. The van der Waals surface area contributed by atoms with E-state index in [1.165, 1.54) is 0 Å². The second-order valence-electron chi connectivity index (χ2n) is 2.95. The van der Waals surface area contributed by atoms with Crippen molar-refractivity contribution in [3.8, 4) is 0 Å². The van der Waals surface area contributed by atoms with Crippen molar-refractivity contribution < 1.29 is 17.9 Å². The molecule has 0 amide bonds. The standard InChI is InChI=1S/C9H10BrF3N2O/c10-7-5-14-2-1-8(7)15-3-4-16-6-9(11,12)13/h1-2,5H,3-4,6H2,(H,14,15). The van der Waals surface area contributed by atoms with E-state index < -0.39 is 12.8 Å². The highest BCUT2D eigenvalue weighted by molar-refractivity contribution is 9.10. The van der Waals surface area contributed by atoms with E-state index in [9.17, 15) is 13.2 Å². The summed E-state index contributed by atoms with van der Waals surface area (Å²) in [5.74, 6) is 0. The van der Waals surface area contributed by atoms with Gasteiger partial charge in [-0.2, -0.15) is 13.2 Å². The number of hydrogen-bond donors (Lipinski definition) is 1. The second kappa shape index (κ2) is 6.05. The minimum atomic E-state index is -4.27. The van der Waals surface area contributed by atoms with Gasteiger partial charge in [-0.25, -0.2) is 0 Å². The molecule has 0 saturated heterocycles. The summed E-state index contributed by atoms with van der Waals surface area (Å²) in [7, 11) is 0. The first kappa shape index (κ1) is 13.2. The zero-order valence-corrected chi connectivity index (χ0v) is 9.81. The number of hydrogen-bond acceptors (Lipinski definition) is 3. The van der Waals surface area contributed by atoms with Crippen LogP contribution < -0.4 is 5.32 Å². The average Bonchev–Trinajstić information content (AvgIpc) is 2.18. The van der Waals surface area contributed by atoms with Crippen molar-refractivity contribution in [1.29, 1.82) is 0 Å². The van der Waals surface area contributed by atoms with Crippen molar-refractivity contribution >= 4 is 21.6 Å². The van der Waals surface area contributed by atoms with Gasteiger partial charge in [0.2, 0.25) is 0 Å². The van der Waals surface area contributed by atoms with E-state index in [1.54, 1.807) is 18.5 Å². The van der Waals surface area contributed by atoms with Gasteiger partial charge in [-0.3, -0.25) is 4.98 Å². The molecule has 0 bridgehead atoms. The van der Waals surface area contributed by atoms with Gasteiger partial charge in [0.05, 0.1) is 16.8 Å². The summed E-state index contributed by atoms with van der Waals surface area (Å²) in [5.41, 5.74) is 0.769. The third kappa shape index (κ3) is 5.32. The molecule has 0 radical (unpaired) electrons. The quantitative estimate of drug-likeness (QED) is 0.849. The Morgan fingerprint density at radius 2 is 2.19 bits per heavy atom. The Hall–Kier alpha value is -0.820. The van der Waals surface area contributed by atoms with Crippen molar-refractivity contribution in [1.82, 2.24) is 4.98 Å². The molecular weight excluding hydrogens is 289 g/mol. The van der Waals surface area contributed by atoms with Crippen molar-refractivity contribution in [2.45, 2.75) is 6.18 Å². The topological polar surface area (TPSA) is 34.1 Å². The number of ether oxygens (including phenoxy) is 1. The van der Waals surface area contributed by atoms with Crippen LogP contribution in [-0.2, 0) is 4.74 Å². The van der Waals surface area contributed by atoms with E-state index in [0.717, 1.165) is 10.2 Å². The van der Waals surface area contributed by atoms with Gasteiger partial charge in [0.25, 0.3) is 0 Å². The molecule has 0 aliphatic rings. The summed E-state index contributed by atoms with van der Waals surface area (Å²) in [6.07, 6.45) is -1.08. The Labute approximate surface area is 99.1 Å². The van der Waals surface area contributed by atoms with E-state index in [1.807, 2.05) is 0 Å². The van der Waals surface area contributed by atoms with E-state index in [4.69, 9.17) is 0 Å². The molecule has 1 aromatic rings. The Bertz CT molecular complexity index is 333. The van der Waals surface area contributed by atoms with E-state index in [-0.39, 0.29) is 6.61 Å². The maximum Gasteiger partial charge on any atom is 0.411 e. The molecule has 0 aliphatic heterocycles. The van der Waals surface area contributed by atoms with E-state index >= 15 is 0 Å². The van der Waals surface area contributed by atoms with Gasteiger partial charge >= 0.3 is 6.18 Å². The molecule has 90 valence electrons. The average molecular weight is 299 g/mol. The van der Waals surface area contributed by atoms with Crippen molar-refractivity contribution in [3.05, 3.63) is 22.9 Å². The van der Waals surface area contributed by atoms with Crippen molar-refractivity contribution in [3.63, 3.8) is 0 Å². The summed E-state index contributed by atoms with van der Waals surface area (Å²) < 4.78 is 40.3. The lowest BCUT2D eigenvalue weighted by Crippen LogP contribution is -2.20. The summed E-state index contributed by atoms with van der Waals surface area (Å²) in [6.45, 7) is -0.917. The van der Waals surface area contributed by atoms with Gasteiger partial charge in [-0.15, -0.1) is 0 Å². The molecular formula is C9H10BrF3N2O. The van der Waals surface area contributed by atoms with Gasteiger partial charge in [-0.05, 0) is 22.0 Å². The highest BCUT2D eigenvalue weighted by Crippen LogP contribution is 2.19. The van der Waals surface area contributed by atoms with Crippen LogP contribution >= 0.6 is 15.9 Å². The lowest BCUT2D eigenvalue weighted by molar-refractivity contribution is -0.172. The molecule has 0 fully saturated rings. The lowest BCUT2D eigenvalue weighted by Gasteiger charge is -2.09. The van der Waals surface area contributed by atoms with Crippen LogP contribution in [0.5, 0.6) is 0 Å². The normalized spacial score (nSPS) is 11.5. The fourth-order valence-corrected chi connectivity index (χ4v) is 1.35. The Morgan fingerprint density at radius 3 is 2.81 bits per heavy atom. The highest BCUT2D eigenvalue weighted by atomic mass is 79.9. The second-order valence-corrected chi connectivity index (χ2v) is 3.80. The van der Waals surface area contributed by atoms with Crippen molar-refractivity contribution in [2.24, 2.45) is 0 Å². The number of nitrogens with zero attached hydrogens (tertiary/aromatic N) is 1. The highest BCUT2D eigenvalue weighted by Gasteiger charge is 2.27. The maximum absolute atomic E-state index is 11.7. The molecule has 7 heteroatoms. The molecule has 3 nitrogen and oxygen atoms in total. The number of nitrogens with one attached hydrogen (secondary N) is 1.